The van der Waals surface area contributed by atoms with Crippen LogP contribution in [0, 0.1) is 0 Å². The van der Waals surface area contributed by atoms with Crippen LogP contribution < -0.4 is 394 Å². The van der Waals surface area contributed by atoms with E-state index in [1.807, 2.05) is 0 Å². The molecule has 0 rings (SSSR count). The van der Waals surface area contributed by atoms with Crippen molar-refractivity contribution in [3.63, 3.8) is 0 Å². The molecule has 0 aliphatic carbocycles. The molecule has 0 spiro atoms. The zero-order valence-corrected chi connectivity index (χ0v) is 41.1. The summed E-state index contributed by atoms with van der Waals surface area (Å²) in [5.74, 6) is 0. The first kappa shape index (κ1) is 50.0. The molecule has 16 valence electrons. The molecule has 0 saturated carbocycles. The Labute approximate surface area is 388 Å². The van der Waals surface area contributed by atoms with Crippen LogP contribution in [0.15, 0.2) is 0 Å². The van der Waals surface area contributed by atoms with Crippen LogP contribution in [0.1, 0.15) is 11.4 Å². The molecule has 0 unspecified atom stereocenters. The maximum atomic E-state index is 0. The van der Waals surface area contributed by atoms with E-state index < -0.39 is 0 Å². The van der Waals surface area contributed by atoms with Gasteiger partial charge in [0.1, 0.15) is 0 Å². The summed E-state index contributed by atoms with van der Waals surface area (Å²) in [5, 5.41) is 0. The molecular weight excluding hydrogens is 624 g/mol. The van der Waals surface area contributed by atoms with E-state index in [0.29, 0.717) is 0 Å². The normalized spacial score (nSPS) is 0. The first-order valence-corrected chi connectivity index (χ1v) is 0. The third-order valence-electron chi connectivity index (χ3n) is 0. The minimum absolute atomic E-state index is 0. The van der Waals surface area contributed by atoms with Crippen molar-refractivity contribution < 1.29 is 405 Å². The Morgan fingerprint density at radius 1 is 0.375 bits per heavy atom. The molecule has 0 saturated heterocycles. The van der Waals surface area contributed by atoms with Crippen molar-refractivity contribution >= 4 is 0 Å². The fourth-order valence-electron chi connectivity index (χ4n) is 0. The summed E-state index contributed by atoms with van der Waals surface area (Å²) in [4.78, 5) is 0. The number of rotatable bonds is 0. The second-order valence-electron chi connectivity index (χ2n) is 0. The molecule has 0 N–H and O–H groups in total. The van der Waals surface area contributed by atoms with Crippen LogP contribution in [0.5, 0.6) is 0 Å². The molecule has 0 aromatic heterocycles. The summed E-state index contributed by atoms with van der Waals surface area (Å²) in [6.07, 6.45) is 0. The third-order valence-corrected chi connectivity index (χ3v) is 0. The molecule has 0 bridgehead atoms. The molecule has 0 fully saturated rings. The van der Waals surface area contributed by atoms with Crippen LogP contribution in [0.3, 0.4) is 0 Å². The maximum absolute atomic E-state index is 0. The van der Waals surface area contributed by atoms with E-state index in [2.05, 4.69) is 0 Å². The summed E-state index contributed by atoms with van der Waals surface area (Å²) >= 11 is 0. The first-order valence-electron chi connectivity index (χ1n) is 0. The van der Waals surface area contributed by atoms with Crippen LogP contribution in [0.4, 0.5) is 0 Å². The van der Waals surface area contributed by atoms with E-state index in [1.54, 1.807) is 0 Å². The minimum Gasteiger partial charge on any atom is -1.00 e. The summed E-state index contributed by atoms with van der Waals surface area (Å²) in [5.41, 5.74) is 0. The minimum atomic E-state index is 0. The fourth-order valence-corrected chi connectivity index (χ4v) is 0. The Morgan fingerprint density at radius 3 is 0.375 bits per heavy atom. The van der Waals surface area contributed by atoms with Crippen LogP contribution in [0.25, 0.3) is 0 Å². The molecule has 0 aliphatic rings. The van der Waals surface area contributed by atoms with Gasteiger partial charge in [-0.25, -0.2) is 0 Å². The predicted octanol–water partition coefficient (Wildman–Crippen LogP) is -23.1. The first-order chi connectivity index (χ1) is 0. The van der Waals surface area contributed by atoms with Crippen molar-refractivity contribution in [2.45, 2.75) is 0 Å². The monoisotopic (exact) mass is 632 g/mol. The van der Waals surface area contributed by atoms with E-state index in [4.69, 9.17) is 0 Å². The Hall–Kier alpha value is 12.2. The van der Waals surface area contributed by atoms with Gasteiger partial charge in [0.25, 0.3) is 0 Å². The number of hydrogen-bond donors (Lipinski definition) is 0. The topological polar surface area (TPSA) is 0 Å². The van der Waals surface area contributed by atoms with Crippen molar-refractivity contribution in [3.8, 4) is 0 Å². The summed E-state index contributed by atoms with van der Waals surface area (Å²) in [6, 6.07) is 0. The van der Waals surface area contributed by atoms with Gasteiger partial charge in [-0.2, -0.15) is 0 Å². The van der Waals surface area contributed by atoms with Gasteiger partial charge in [0, 0.05) is 0 Å². The van der Waals surface area contributed by atoms with E-state index >= 15 is 0 Å². The van der Waals surface area contributed by atoms with Gasteiger partial charge in [-0.15, -0.1) is 0 Å². The van der Waals surface area contributed by atoms with Crippen molar-refractivity contribution in [1.29, 1.82) is 0 Å². The van der Waals surface area contributed by atoms with E-state index in [0.717, 1.165) is 0 Å². The van der Waals surface area contributed by atoms with Gasteiger partial charge in [0.2, 0.25) is 0 Å². The van der Waals surface area contributed by atoms with Gasteiger partial charge in [0.05, 0.1) is 0 Å². The van der Waals surface area contributed by atoms with Crippen molar-refractivity contribution in [2.75, 3.05) is 0 Å². The molecule has 0 aliphatic heterocycles. The Kier molecular flexibility index (Phi) is 267. The van der Waals surface area contributed by atoms with Gasteiger partial charge in [-0.1, -0.05) is 0 Å². The van der Waals surface area contributed by atoms with Crippen LogP contribution >= 0.6 is 0 Å². The summed E-state index contributed by atoms with van der Waals surface area (Å²) in [7, 11) is 0. The van der Waals surface area contributed by atoms with Crippen LogP contribution in [-0.2, 0) is 0 Å². The van der Waals surface area contributed by atoms with Gasteiger partial charge in [-0.05, 0) is 0 Å². The van der Waals surface area contributed by atoms with Crippen molar-refractivity contribution in [3.05, 3.63) is 0 Å². The average molecular weight is 632 g/mol. The van der Waals surface area contributed by atoms with Crippen LogP contribution in [0.2, 0.25) is 0 Å². The third kappa shape index (κ3) is 36.2. The Bertz CT molecular complexity index is 24.0. The summed E-state index contributed by atoms with van der Waals surface area (Å²) < 4.78 is 0. The van der Waals surface area contributed by atoms with Gasteiger partial charge >= 0.3 is 394 Å². The summed E-state index contributed by atoms with van der Waals surface area (Å²) in [6.45, 7) is 0. The molecular formula is H8Cs4Na4. The molecule has 0 aromatic rings. The molecule has 0 radical (unpaired) electrons. The van der Waals surface area contributed by atoms with Gasteiger partial charge in [0.15, 0.2) is 0 Å². The standard InChI is InChI=1S/4Cs.4Na.8H/q8*+1;8*-1. The SMILES string of the molecule is [Cs+].[Cs+].[Cs+].[Cs+].[H-].[H-].[H-].[H-].[H-].[H-].[H-].[H-].[Na+].[Na+].[Na+].[Na+]. The smallest absolute Gasteiger partial charge is 1.00 e. The number of hydrogen-bond acceptors (Lipinski definition) is 0. The van der Waals surface area contributed by atoms with Crippen molar-refractivity contribution in [2.24, 2.45) is 0 Å². The molecule has 0 heterocycles. The maximum Gasteiger partial charge on any atom is 1.00 e. The van der Waals surface area contributed by atoms with Crippen molar-refractivity contribution in [1.82, 2.24) is 0 Å². The molecule has 8 heavy (non-hydrogen) atoms. The van der Waals surface area contributed by atoms with Gasteiger partial charge < -0.3 is 11.4 Å². The fraction of sp³-hybridized carbons (Fsp3) is 0. The molecule has 8 heteroatoms. The predicted molar refractivity (Wildman–Crippen MR) is 8.90 cm³/mol. The van der Waals surface area contributed by atoms with E-state index in [-0.39, 0.29) is 405 Å². The van der Waals surface area contributed by atoms with E-state index in [1.165, 1.54) is 0 Å². The molecule has 0 atom stereocenters. The molecule has 0 amide bonds. The zero-order chi connectivity index (χ0) is 0. The van der Waals surface area contributed by atoms with Crippen LogP contribution in [-0.4, -0.2) is 0 Å². The second-order valence-corrected chi connectivity index (χ2v) is 0. The van der Waals surface area contributed by atoms with Gasteiger partial charge in [-0.3, -0.25) is 0 Å². The Morgan fingerprint density at radius 2 is 0.375 bits per heavy atom. The largest absolute Gasteiger partial charge is 1.00 e. The molecule has 0 nitrogen and oxygen atoms in total. The van der Waals surface area contributed by atoms with E-state index in [9.17, 15) is 0 Å². The quantitative estimate of drug-likeness (QED) is 0.233. The average Bonchev–Trinajstić information content (AvgIpc) is 0. The molecule has 0 aromatic carbocycles. The second kappa shape index (κ2) is 42.7. The Balaban J connectivity index is 0. The zero-order valence-electron chi connectivity index (χ0n) is 16.0.